The number of rotatable bonds is 15. The number of hydrogen-bond donors (Lipinski definition) is 2. The van der Waals surface area contributed by atoms with Crippen molar-refractivity contribution >= 4 is 23.9 Å². The Bertz CT molecular complexity index is 987. The zero-order chi connectivity index (χ0) is 30.0. The molecular weight excluding hydrogens is 502 g/mol. The van der Waals surface area contributed by atoms with Crippen molar-refractivity contribution in [1.29, 1.82) is 0 Å². The molecule has 0 aliphatic rings. The van der Waals surface area contributed by atoms with Crippen LogP contribution in [0.4, 0.5) is 0 Å². The van der Waals surface area contributed by atoms with E-state index in [4.69, 9.17) is 19.9 Å². The summed E-state index contributed by atoms with van der Waals surface area (Å²) < 4.78 is 16.7. The Morgan fingerprint density at radius 2 is 1.33 bits per heavy atom. The summed E-state index contributed by atoms with van der Waals surface area (Å²) in [5.74, 6) is -4.26. The Morgan fingerprint density at radius 1 is 0.821 bits per heavy atom. The Balaban J connectivity index is 3.41. The highest BCUT2D eigenvalue weighted by Gasteiger charge is 2.33. The van der Waals surface area contributed by atoms with Gasteiger partial charge in [0.1, 0.15) is 6.04 Å². The minimum Gasteiger partial charge on any atom is -0.480 e. The lowest BCUT2D eigenvalue weighted by Crippen LogP contribution is -2.40. The van der Waals surface area contributed by atoms with E-state index in [2.05, 4.69) is 0 Å². The van der Waals surface area contributed by atoms with Crippen LogP contribution in [0.2, 0.25) is 0 Å². The molecule has 0 fully saturated rings. The first kappa shape index (κ1) is 34.1. The molecule has 0 spiro atoms. The smallest absolute Gasteiger partial charge is 0.321 e. The van der Waals surface area contributed by atoms with Gasteiger partial charge in [0, 0.05) is 12.3 Å². The molecule has 4 unspecified atom stereocenters. The number of carboxylic acid groups (broad SMARTS) is 1. The van der Waals surface area contributed by atoms with Gasteiger partial charge in [0.15, 0.2) is 11.5 Å². The third kappa shape index (κ3) is 10.6. The van der Waals surface area contributed by atoms with Gasteiger partial charge in [-0.2, -0.15) is 0 Å². The molecule has 0 saturated carbocycles. The fourth-order valence-electron chi connectivity index (χ4n) is 3.69. The topological polar surface area (TPSA) is 142 Å². The van der Waals surface area contributed by atoms with Crippen molar-refractivity contribution in [1.82, 2.24) is 0 Å². The van der Waals surface area contributed by atoms with E-state index in [1.807, 2.05) is 41.5 Å². The molecule has 0 radical (unpaired) electrons. The number of carboxylic acids is 1. The summed E-state index contributed by atoms with van der Waals surface area (Å²) in [7, 11) is 0. The fraction of sp³-hybridized carbons (Fsp3) is 0.667. The highest BCUT2D eigenvalue weighted by Crippen LogP contribution is 2.37. The van der Waals surface area contributed by atoms with E-state index in [0.29, 0.717) is 17.9 Å². The van der Waals surface area contributed by atoms with E-state index in [1.54, 1.807) is 26.8 Å². The summed E-state index contributed by atoms with van der Waals surface area (Å²) in [5.41, 5.74) is 6.55. The molecule has 0 heterocycles. The normalized spacial score (nSPS) is 15.4. The van der Waals surface area contributed by atoms with E-state index in [1.165, 1.54) is 12.1 Å². The number of hydrogen-bond acceptors (Lipinski definition) is 8. The molecule has 0 aromatic heterocycles. The Labute approximate surface area is 232 Å². The van der Waals surface area contributed by atoms with Crippen LogP contribution in [0.1, 0.15) is 86.6 Å². The van der Waals surface area contributed by atoms with Crippen molar-refractivity contribution in [2.75, 3.05) is 6.61 Å². The zero-order valence-electron chi connectivity index (χ0n) is 24.9. The maximum absolute atomic E-state index is 12.8. The number of aliphatic carboxylic acids is 1. The van der Waals surface area contributed by atoms with E-state index in [-0.39, 0.29) is 42.3 Å². The minimum atomic E-state index is -1.33. The number of benzene rings is 1. The van der Waals surface area contributed by atoms with Gasteiger partial charge in [-0.15, -0.1) is 0 Å². The van der Waals surface area contributed by atoms with Crippen molar-refractivity contribution in [3.63, 3.8) is 0 Å². The third-order valence-electron chi connectivity index (χ3n) is 7.24. The number of carbonyl (C=O) groups is 4. The average Bonchev–Trinajstić information content (AvgIpc) is 2.86. The average molecular weight is 550 g/mol. The maximum Gasteiger partial charge on any atom is 0.321 e. The first-order valence-corrected chi connectivity index (χ1v) is 13.8. The molecule has 1 aromatic rings. The lowest BCUT2D eigenvalue weighted by atomic mass is 9.82. The second-order valence-corrected chi connectivity index (χ2v) is 11.6. The molecule has 1 rings (SSSR count). The standard InChI is InChI=1S/C30H47NO8/c1-16(2)10-13-25(32)37-15-19(7)26(27(31)28(33)34)22-11-12-23(38-29(35)20(8)17(3)4)24(14-22)39-30(36)21(9)18(5)6/h11-12,14,16-21,26-27H,10,13,15,31H2,1-9H3,(H,33,34)/t19?,20?,21?,26?,27-/m0/s1. The number of carbonyl (C=O) groups excluding carboxylic acids is 3. The van der Waals surface area contributed by atoms with Crippen LogP contribution in [0.5, 0.6) is 11.5 Å². The van der Waals surface area contributed by atoms with Crippen molar-refractivity contribution in [2.24, 2.45) is 41.2 Å². The molecule has 0 amide bonds. The maximum atomic E-state index is 12.8. The van der Waals surface area contributed by atoms with Crippen LogP contribution < -0.4 is 15.2 Å². The number of ether oxygens (including phenoxy) is 3. The monoisotopic (exact) mass is 549 g/mol. The molecule has 9 heteroatoms. The van der Waals surface area contributed by atoms with E-state index in [0.717, 1.165) is 0 Å². The van der Waals surface area contributed by atoms with E-state index < -0.39 is 47.6 Å². The molecular formula is C30H47NO8. The van der Waals surface area contributed by atoms with Crippen molar-refractivity contribution in [2.45, 2.75) is 87.1 Å². The predicted octanol–water partition coefficient (Wildman–Crippen LogP) is 5.19. The van der Waals surface area contributed by atoms with Crippen molar-refractivity contribution < 1.29 is 38.5 Å². The van der Waals surface area contributed by atoms with Gasteiger partial charge >= 0.3 is 23.9 Å². The SMILES string of the molecule is CC(C)CCC(=O)OCC(C)C(c1ccc(OC(=O)C(C)C(C)C)c(OC(=O)C(C)C(C)C)c1)[C@H](N)C(=O)O. The Morgan fingerprint density at radius 3 is 1.79 bits per heavy atom. The van der Waals surface area contributed by atoms with Crippen molar-refractivity contribution in [3.05, 3.63) is 23.8 Å². The molecule has 220 valence electrons. The summed E-state index contributed by atoms with van der Waals surface area (Å²) in [4.78, 5) is 49.6. The Hall–Kier alpha value is -2.94. The van der Waals surface area contributed by atoms with Gasteiger partial charge in [0.05, 0.1) is 18.4 Å². The van der Waals surface area contributed by atoms with Crippen LogP contribution in [0.15, 0.2) is 18.2 Å². The molecule has 0 aliphatic carbocycles. The summed E-state index contributed by atoms with van der Waals surface area (Å²) in [6.45, 7) is 16.8. The van der Waals surface area contributed by atoms with Gasteiger partial charge < -0.3 is 25.1 Å². The Kier molecular flexibility index (Phi) is 13.6. The number of esters is 3. The van der Waals surface area contributed by atoms with Gasteiger partial charge in [-0.25, -0.2) is 0 Å². The van der Waals surface area contributed by atoms with Gasteiger partial charge in [-0.1, -0.05) is 68.4 Å². The molecule has 0 aliphatic heterocycles. The molecule has 9 nitrogen and oxygen atoms in total. The highest BCUT2D eigenvalue weighted by molar-refractivity contribution is 5.79. The lowest BCUT2D eigenvalue weighted by molar-refractivity contribution is -0.146. The number of nitrogens with two attached hydrogens (primary N) is 1. The predicted molar refractivity (Wildman–Crippen MR) is 148 cm³/mol. The summed E-state index contributed by atoms with van der Waals surface area (Å²) in [6, 6.07) is 3.22. The van der Waals surface area contributed by atoms with Crippen LogP contribution in [-0.2, 0) is 23.9 Å². The van der Waals surface area contributed by atoms with Crippen LogP contribution in [-0.4, -0.2) is 41.6 Å². The third-order valence-corrected chi connectivity index (χ3v) is 7.24. The van der Waals surface area contributed by atoms with Gasteiger partial charge in [0.2, 0.25) is 0 Å². The summed E-state index contributed by atoms with van der Waals surface area (Å²) in [6.07, 6.45) is 0.952. The van der Waals surface area contributed by atoms with E-state index >= 15 is 0 Å². The fourth-order valence-corrected chi connectivity index (χ4v) is 3.69. The molecule has 39 heavy (non-hydrogen) atoms. The molecule has 1 aromatic carbocycles. The van der Waals surface area contributed by atoms with Crippen LogP contribution in [0.3, 0.4) is 0 Å². The zero-order valence-corrected chi connectivity index (χ0v) is 24.9. The molecule has 0 bridgehead atoms. The minimum absolute atomic E-state index is 0.00183. The van der Waals surface area contributed by atoms with Crippen LogP contribution in [0, 0.1) is 35.5 Å². The lowest BCUT2D eigenvalue weighted by Gasteiger charge is -2.28. The van der Waals surface area contributed by atoms with Gasteiger partial charge in [-0.3, -0.25) is 19.2 Å². The summed E-state index contributed by atoms with van der Waals surface area (Å²) in [5, 5.41) is 9.73. The second-order valence-electron chi connectivity index (χ2n) is 11.6. The molecule has 3 N–H and O–H groups in total. The first-order chi connectivity index (χ1) is 18.1. The molecule has 0 saturated heterocycles. The second kappa shape index (κ2) is 15.6. The largest absolute Gasteiger partial charge is 0.480 e. The van der Waals surface area contributed by atoms with Crippen molar-refractivity contribution in [3.8, 4) is 11.5 Å². The van der Waals surface area contributed by atoms with Crippen LogP contribution >= 0.6 is 0 Å². The molecule has 5 atom stereocenters. The van der Waals surface area contributed by atoms with Gasteiger partial charge in [-0.05, 0) is 47.8 Å². The summed E-state index contributed by atoms with van der Waals surface area (Å²) >= 11 is 0. The first-order valence-electron chi connectivity index (χ1n) is 13.8. The van der Waals surface area contributed by atoms with Crippen LogP contribution in [0.25, 0.3) is 0 Å². The highest BCUT2D eigenvalue weighted by atomic mass is 16.6. The quantitative estimate of drug-likeness (QED) is 0.223. The van der Waals surface area contributed by atoms with E-state index in [9.17, 15) is 24.3 Å². The van der Waals surface area contributed by atoms with Gasteiger partial charge in [0.25, 0.3) is 0 Å².